The molecule has 0 fully saturated rings. The van der Waals surface area contributed by atoms with Crippen LogP contribution in [0.2, 0.25) is 0 Å². The third-order valence-electron chi connectivity index (χ3n) is 2.61. The van der Waals surface area contributed by atoms with Gasteiger partial charge in [-0.1, -0.05) is 12.1 Å². The average Bonchev–Trinajstić information content (AvgIpc) is 2.32. The number of sulfone groups is 1. The van der Waals surface area contributed by atoms with E-state index in [0.29, 0.717) is 5.56 Å². The molecule has 0 heterocycles. The Labute approximate surface area is 115 Å². The van der Waals surface area contributed by atoms with Crippen LogP contribution >= 0.6 is 0 Å². The fraction of sp³-hybridized carbons (Fsp3) is 0.500. The average molecular weight is 311 g/mol. The van der Waals surface area contributed by atoms with Crippen LogP contribution in [-0.4, -0.2) is 38.6 Å². The summed E-state index contributed by atoms with van der Waals surface area (Å²) in [5.41, 5.74) is -0.441. The Kier molecular flexibility index (Phi) is 5.55. The summed E-state index contributed by atoms with van der Waals surface area (Å²) in [6, 6.07) is 4.20. The monoisotopic (exact) mass is 311 g/mol. The van der Waals surface area contributed by atoms with E-state index in [0.717, 1.165) is 18.4 Å². The van der Waals surface area contributed by atoms with E-state index >= 15 is 0 Å². The molecule has 0 saturated carbocycles. The van der Waals surface area contributed by atoms with E-state index in [4.69, 9.17) is 0 Å². The summed E-state index contributed by atoms with van der Waals surface area (Å²) in [4.78, 5) is 0. The number of nitrogens with one attached hydrogen (secondary N) is 1. The van der Waals surface area contributed by atoms with Crippen molar-refractivity contribution in [2.24, 2.45) is 0 Å². The van der Waals surface area contributed by atoms with Gasteiger partial charge in [0.15, 0.2) is 0 Å². The molecule has 0 saturated heterocycles. The van der Waals surface area contributed by atoms with Crippen LogP contribution in [0, 0.1) is 0 Å². The summed E-state index contributed by atoms with van der Waals surface area (Å²) in [6.07, 6.45) is -4.30. The Morgan fingerprint density at radius 3 is 2.25 bits per heavy atom. The lowest BCUT2D eigenvalue weighted by Crippen LogP contribution is -2.27. The van der Waals surface area contributed by atoms with Crippen molar-refractivity contribution in [1.29, 1.82) is 0 Å². The Balaban J connectivity index is 2.50. The van der Waals surface area contributed by atoms with Crippen LogP contribution in [0.1, 0.15) is 17.2 Å². The Hall–Kier alpha value is -1.12. The van der Waals surface area contributed by atoms with Crippen LogP contribution in [0.25, 0.3) is 0 Å². The number of benzene rings is 1. The largest absolute Gasteiger partial charge is 0.416 e. The Morgan fingerprint density at radius 2 is 1.80 bits per heavy atom. The van der Waals surface area contributed by atoms with Gasteiger partial charge in [-0.2, -0.15) is 13.2 Å². The van der Waals surface area contributed by atoms with E-state index in [9.17, 15) is 26.7 Å². The zero-order chi connectivity index (χ0) is 15.4. The van der Waals surface area contributed by atoms with Gasteiger partial charge in [-0.25, -0.2) is 8.42 Å². The van der Waals surface area contributed by atoms with E-state index in [2.05, 4.69) is 5.32 Å². The van der Waals surface area contributed by atoms with Crippen LogP contribution in [0.4, 0.5) is 13.2 Å². The first-order valence-corrected chi connectivity index (χ1v) is 7.89. The van der Waals surface area contributed by atoms with Crippen molar-refractivity contribution < 1.29 is 26.7 Å². The molecule has 1 rings (SSSR count). The van der Waals surface area contributed by atoms with Gasteiger partial charge in [0.1, 0.15) is 9.84 Å². The fourth-order valence-corrected chi connectivity index (χ4v) is 2.02. The zero-order valence-electron chi connectivity index (χ0n) is 10.8. The number of rotatable bonds is 6. The highest BCUT2D eigenvalue weighted by Crippen LogP contribution is 2.29. The van der Waals surface area contributed by atoms with E-state index in [-0.39, 0.29) is 18.8 Å². The minimum absolute atomic E-state index is 0.0628. The van der Waals surface area contributed by atoms with E-state index in [1.807, 2.05) is 0 Å². The molecule has 4 nitrogen and oxygen atoms in total. The molecule has 0 bridgehead atoms. The predicted molar refractivity (Wildman–Crippen MR) is 69.0 cm³/mol. The molecule has 20 heavy (non-hydrogen) atoms. The first kappa shape index (κ1) is 16.9. The quantitative estimate of drug-likeness (QED) is 0.779. The second-order valence-corrected chi connectivity index (χ2v) is 6.73. The highest BCUT2D eigenvalue weighted by Gasteiger charge is 2.30. The minimum atomic E-state index is -4.41. The predicted octanol–water partition coefficient (Wildman–Crippen LogP) is 1.37. The topological polar surface area (TPSA) is 66.4 Å². The molecule has 1 aromatic rings. The Morgan fingerprint density at radius 1 is 1.25 bits per heavy atom. The lowest BCUT2D eigenvalue weighted by Gasteiger charge is -2.13. The number of hydrogen-bond acceptors (Lipinski definition) is 4. The summed E-state index contributed by atoms with van der Waals surface area (Å²) in [5.74, 6) is -0.0628. The molecule has 114 valence electrons. The van der Waals surface area contributed by atoms with Gasteiger partial charge in [-0.15, -0.1) is 0 Å². The number of halogens is 3. The van der Waals surface area contributed by atoms with Gasteiger partial charge in [0, 0.05) is 19.3 Å². The normalized spacial score (nSPS) is 14.2. The lowest BCUT2D eigenvalue weighted by atomic mass is 10.1. The van der Waals surface area contributed by atoms with Crippen molar-refractivity contribution in [2.45, 2.75) is 12.3 Å². The molecule has 1 atom stereocenters. The van der Waals surface area contributed by atoms with Crippen LogP contribution in [0.15, 0.2) is 24.3 Å². The van der Waals surface area contributed by atoms with Crippen molar-refractivity contribution in [2.75, 3.05) is 25.1 Å². The van der Waals surface area contributed by atoms with Crippen LogP contribution < -0.4 is 5.32 Å². The molecular weight excluding hydrogens is 295 g/mol. The van der Waals surface area contributed by atoms with E-state index in [1.54, 1.807) is 0 Å². The van der Waals surface area contributed by atoms with Crippen molar-refractivity contribution in [1.82, 2.24) is 5.32 Å². The number of alkyl halides is 3. The molecule has 2 N–H and O–H groups in total. The second-order valence-electron chi connectivity index (χ2n) is 4.47. The van der Waals surface area contributed by atoms with Gasteiger partial charge in [-0.05, 0) is 17.7 Å². The van der Waals surface area contributed by atoms with Crippen molar-refractivity contribution in [3.05, 3.63) is 35.4 Å². The highest BCUT2D eigenvalue weighted by atomic mass is 32.2. The second kappa shape index (κ2) is 6.55. The molecule has 0 aromatic heterocycles. The maximum atomic E-state index is 12.3. The molecule has 0 radical (unpaired) electrons. The summed E-state index contributed by atoms with van der Waals surface area (Å²) >= 11 is 0. The van der Waals surface area contributed by atoms with Gasteiger partial charge in [-0.3, -0.25) is 0 Å². The molecule has 0 amide bonds. The molecule has 0 aliphatic carbocycles. The van der Waals surface area contributed by atoms with Gasteiger partial charge in [0.25, 0.3) is 0 Å². The standard InChI is InChI=1S/C12H16F3NO3S/c1-20(18,19)7-6-16-8-11(17)9-2-4-10(5-3-9)12(13,14)15/h2-5,11,16-17H,6-8H2,1H3. The van der Waals surface area contributed by atoms with Gasteiger partial charge in [0.05, 0.1) is 17.4 Å². The fourth-order valence-electron chi connectivity index (χ4n) is 1.51. The van der Waals surface area contributed by atoms with E-state index < -0.39 is 27.7 Å². The first-order valence-electron chi connectivity index (χ1n) is 5.83. The summed E-state index contributed by atoms with van der Waals surface area (Å²) in [6.45, 7) is 0.247. The SMILES string of the molecule is CS(=O)(=O)CCNCC(O)c1ccc(C(F)(F)F)cc1. The molecule has 1 unspecified atom stereocenters. The first-order chi connectivity index (χ1) is 9.09. The maximum Gasteiger partial charge on any atom is 0.416 e. The Bertz CT molecular complexity index is 526. The zero-order valence-corrected chi connectivity index (χ0v) is 11.6. The summed E-state index contributed by atoms with van der Waals surface area (Å²) in [5, 5.41) is 12.5. The molecule has 8 heteroatoms. The third kappa shape index (κ3) is 5.89. The molecule has 1 aromatic carbocycles. The van der Waals surface area contributed by atoms with Crippen LogP contribution in [0.5, 0.6) is 0 Å². The van der Waals surface area contributed by atoms with Crippen molar-refractivity contribution >= 4 is 9.84 Å². The number of aliphatic hydroxyl groups is 1. The molecule has 0 aliphatic rings. The lowest BCUT2D eigenvalue weighted by molar-refractivity contribution is -0.137. The summed E-state index contributed by atoms with van der Waals surface area (Å²) in [7, 11) is -3.08. The molecule has 0 spiro atoms. The number of hydrogen-bond donors (Lipinski definition) is 2. The van der Waals surface area contributed by atoms with Crippen LogP contribution in [0.3, 0.4) is 0 Å². The van der Waals surface area contributed by atoms with Gasteiger partial charge in [0.2, 0.25) is 0 Å². The van der Waals surface area contributed by atoms with Crippen LogP contribution in [-0.2, 0) is 16.0 Å². The highest BCUT2D eigenvalue weighted by molar-refractivity contribution is 7.90. The van der Waals surface area contributed by atoms with Gasteiger partial charge < -0.3 is 10.4 Å². The molecule has 0 aliphatic heterocycles. The van der Waals surface area contributed by atoms with Crippen molar-refractivity contribution in [3.63, 3.8) is 0 Å². The van der Waals surface area contributed by atoms with Crippen molar-refractivity contribution in [3.8, 4) is 0 Å². The third-order valence-corrected chi connectivity index (χ3v) is 3.56. The minimum Gasteiger partial charge on any atom is -0.387 e. The molecular formula is C12H16F3NO3S. The smallest absolute Gasteiger partial charge is 0.387 e. The maximum absolute atomic E-state index is 12.3. The van der Waals surface area contributed by atoms with E-state index in [1.165, 1.54) is 12.1 Å². The van der Waals surface area contributed by atoms with Gasteiger partial charge >= 0.3 is 6.18 Å². The summed E-state index contributed by atoms with van der Waals surface area (Å²) < 4.78 is 58.8. The number of aliphatic hydroxyl groups excluding tert-OH is 1.